The maximum Gasteiger partial charge on any atom is 0.233 e. The predicted octanol–water partition coefficient (Wildman–Crippen LogP) is 1.61. The highest BCUT2D eigenvalue weighted by Crippen LogP contribution is 2.23. The van der Waals surface area contributed by atoms with Crippen LogP contribution in [0, 0.1) is 0 Å². The number of ether oxygens (including phenoxy) is 1. The van der Waals surface area contributed by atoms with Gasteiger partial charge >= 0.3 is 0 Å². The summed E-state index contributed by atoms with van der Waals surface area (Å²) in [5.41, 5.74) is 0.868. The Morgan fingerprint density at radius 3 is 2.70 bits per heavy atom. The minimum atomic E-state index is -3.02. The molecule has 10 heteroatoms. The molecule has 1 aliphatic rings. The van der Waals surface area contributed by atoms with Crippen molar-refractivity contribution in [2.75, 3.05) is 30.9 Å². The van der Waals surface area contributed by atoms with Crippen molar-refractivity contribution >= 4 is 27.5 Å². The van der Waals surface area contributed by atoms with Gasteiger partial charge in [-0.3, -0.25) is 9.89 Å². The lowest BCUT2D eigenvalue weighted by atomic mass is 10.2. The number of rotatable bonds is 7. The molecule has 1 aromatic carbocycles. The molecule has 8 nitrogen and oxygen atoms in total. The molecule has 2 aromatic rings. The number of benzene rings is 1. The molecule has 1 amide bonds. The average Bonchev–Trinajstić information content (AvgIpc) is 3.27. The van der Waals surface area contributed by atoms with E-state index in [0.717, 1.165) is 11.3 Å². The summed E-state index contributed by atoms with van der Waals surface area (Å²) in [4.78, 5) is 18.6. The summed E-state index contributed by atoms with van der Waals surface area (Å²) in [6, 6.07) is 7.19. The summed E-state index contributed by atoms with van der Waals surface area (Å²) in [6.07, 6.45) is 0.509. The van der Waals surface area contributed by atoms with Gasteiger partial charge in [0, 0.05) is 18.2 Å². The highest BCUT2D eigenvalue weighted by atomic mass is 32.2. The van der Waals surface area contributed by atoms with Crippen LogP contribution < -0.4 is 4.74 Å². The molecule has 2 heterocycles. The topological polar surface area (TPSA) is 105 Å². The van der Waals surface area contributed by atoms with Gasteiger partial charge in [0.25, 0.3) is 0 Å². The van der Waals surface area contributed by atoms with Crippen LogP contribution >= 0.6 is 11.8 Å². The Hall–Kier alpha value is -2.07. The monoisotopic (exact) mass is 410 g/mol. The Balaban J connectivity index is 1.59. The van der Waals surface area contributed by atoms with Gasteiger partial charge in [-0.1, -0.05) is 11.8 Å². The minimum absolute atomic E-state index is 0.0551. The quantitative estimate of drug-likeness (QED) is 0.691. The number of aromatic nitrogens is 3. The fourth-order valence-electron chi connectivity index (χ4n) is 3.06. The second-order valence-corrected chi connectivity index (χ2v) is 9.39. The van der Waals surface area contributed by atoms with Gasteiger partial charge in [0.05, 0.1) is 24.4 Å². The lowest BCUT2D eigenvalue weighted by Crippen LogP contribution is -2.41. The van der Waals surface area contributed by atoms with Crippen molar-refractivity contribution in [1.29, 1.82) is 0 Å². The third kappa shape index (κ3) is 4.81. The van der Waals surface area contributed by atoms with Crippen LogP contribution in [0.4, 0.5) is 0 Å². The summed E-state index contributed by atoms with van der Waals surface area (Å²) in [5, 5.41) is 7.48. The molecule has 1 fully saturated rings. The molecule has 0 aliphatic carbocycles. The zero-order chi connectivity index (χ0) is 19.4. The molecule has 0 spiro atoms. The number of hydrogen-bond donors (Lipinski definition) is 1. The summed E-state index contributed by atoms with van der Waals surface area (Å²) in [6.45, 7) is 2.35. The Kier molecular flexibility index (Phi) is 6.05. The Morgan fingerprint density at radius 1 is 1.37 bits per heavy atom. The maximum absolute atomic E-state index is 12.5. The summed E-state index contributed by atoms with van der Waals surface area (Å²) < 4.78 is 28.5. The van der Waals surface area contributed by atoms with Crippen LogP contribution in [0.15, 0.2) is 29.4 Å². The number of H-pyrrole nitrogens is 1. The molecule has 27 heavy (non-hydrogen) atoms. The van der Waals surface area contributed by atoms with Gasteiger partial charge in [0.2, 0.25) is 11.1 Å². The molecule has 146 valence electrons. The molecule has 0 saturated carbocycles. The van der Waals surface area contributed by atoms with E-state index in [1.807, 2.05) is 31.2 Å². The molecule has 1 N–H and O–H groups in total. The van der Waals surface area contributed by atoms with Crippen LogP contribution in [0.3, 0.4) is 0 Å². The zero-order valence-corrected chi connectivity index (χ0v) is 16.8. The number of hydrogen-bond acceptors (Lipinski definition) is 7. The van der Waals surface area contributed by atoms with Gasteiger partial charge in [-0.15, -0.1) is 5.10 Å². The van der Waals surface area contributed by atoms with Crippen LogP contribution in [-0.4, -0.2) is 71.4 Å². The third-order valence-electron chi connectivity index (χ3n) is 4.46. The summed E-state index contributed by atoms with van der Waals surface area (Å²) in [5.74, 6) is 1.65. The van der Waals surface area contributed by atoms with E-state index in [1.165, 1.54) is 11.8 Å². The predicted molar refractivity (Wildman–Crippen MR) is 104 cm³/mol. The van der Waals surface area contributed by atoms with Crippen molar-refractivity contribution in [3.05, 3.63) is 24.3 Å². The van der Waals surface area contributed by atoms with Crippen LogP contribution in [0.5, 0.6) is 5.75 Å². The molecule has 1 saturated heterocycles. The molecule has 1 aromatic heterocycles. The highest BCUT2D eigenvalue weighted by Gasteiger charge is 2.33. The second kappa shape index (κ2) is 8.30. The van der Waals surface area contributed by atoms with E-state index in [-0.39, 0.29) is 29.2 Å². The average molecular weight is 411 g/mol. The third-order valence-corrected chi connectivity index (χ3v) is 7.05. The first kappa shape index (κ1) is 19.7. The Labute approximate surface area is 162 Å². The molecular formula is C17H22N4O4S2. The number of carbonyl (C=O) groups excluding carboxylic acids is 1. The first-order valence-electron chi connectivity index (χ1n) is 8.61. The van der Waals surface area contributed by atoms with Crippen LogP contribution in [0.2, 0.25) is 0 Å². The van der Waals surface area contributed by atoms with Gasteiger partial charge < -0.3 is 9.64 Å². The first-order valence-corrected chi connectivity index (χ1v) is 11.4. The molecule has 1 atom stereocenters. The molecule has 1 aliphatic heterocycles. The fourth-order valence-corrected chi connectivity index (χ4v) is 5.47. The molecular weight excluding hydrogens is 388 g/mol. The maximum atomic E-state index is 12.5. The standard InChI is InChI=1S/C17H22N4O4S2/c1-3-21(13-8-9-27(23,24)11-13)15(22)10-26-17-18-16(19-20-17)12-4-6-14(25-2)7-5-12/h4-7,13H,3,8-11H2,1-2H3,(H,18,19,20)/t13-/m0/s1. The highest BCUT2D eigenvalue weighted by molar-refractivity contribution is 7.99. The number of amides is 1. The van der Waals surface area contributed by atoms with Crippen molar-refractivity contribution in [3.8, 4) is 17.1 Å². The van der Waals surface area contributed by atoms with Crippen LogP contribution in [0.1, 0.15) is 13.3 Å². The van der Waals surface area contributed by atoms with Gasteiger partial charge in [0.1, 0.15) is 5.75 Å². The number of methoxy groups -OCH3 is 1. The Morgan fingerprint density at radius 2 is 2.11 bits per heavy atom. The second-order valence-electron chi connectivity index (χ2n) is 6.22. The molecule has 0 unspecified atom stereocenters. The van der Waals surface area contributed by atoms with Crippen molar-refractivity contribution in [2.24, 2.45) is 0 Å². The van der Waals surface area contributed by atoms with Gasteiger partial charge in [-0.05, 0) is 37.6 Å². The minimum Gasteiger partial charge on any atom is -0.497 e. The van der Waals surface area contributed by atoms with Crippen molar-refractivity contribution in [3.63, 3.8) is 0 Å². The summed E-state index contributed by atoms with van der Waals surface area (Å²) >= 11 is 1.24. The van der Waals surface area contributed by atoms with Gasteiger partial charge in [-0.25, -0.2) is 13.4 Å². The van der Waals surface area contributed by atoms with E-state index in [1.54, 1.807) is 12.0 Å². The molecule has 0 bridgehead atoms. The molecule has 0 radical (unpaired) electrons. The lowest BCUT2D eigenvalue weighted by molar-refractivity contribution is -0.129. The smallest absolute Gasteiger partial charge is 0.233 e. The normalized spacial score (nSPS) is 18.4. The van der Waals surface area contributed by atoms with Crippen LogP contribution in [-0.2, 0) is 14.6 Å². The van der Waals surface area contributed by atoms with E-state index in [2.05, 4.69) is 15.2 Å². The number of aromatic amines is 1. The van der Waals surface area contributed by atoms with E-state index < -0.39 is 9.84 Å². The van der Waals surface area contributed by atoms with Crippen LogP contribution in [0.25, 0.3) is 11.4 Å². The van der Waals surface area contributed by atoms with Gasteiger partial charge in [-0.2, -0.15) is 0 Å². The number of nitrogens with one attached hydrogen (secondary N) is 1. The number of thioether (sulfide) groups is 1. The molecule has 3 rings (SSSR count). The van der Waals surface area contributed by atoms with Crippen molar-refractivity contribution < 1.29 is 17.9 Å². The van der Waals surface area contributed by atoms with E-state index >= 15 is 0 Å². The SMILES string of the molecule is CCN(C(=O)CSc1n[nH]c(-c2ccc(OC)cc2)n1)[C@H]1CCS(=O)(=O)C1. The lowest BCUT2D eigenvalue weighted by Gasteiger charge is -2.26. The Bertz CT molecular complexity index is 896. The number of nitrogens with zero attached hydrogens (tertiary/aromatic N) is 3. The van der Waals surface area contributed by atoms with E-state index in [9.17, 15) is 13.2 Å². The van der Waals surface area contributed by atoms with E-state index in [4.69, 9.17) is 4.74 Å². The number of sulfone groups is 1. The largest absolute Gasteiger partial charge is 0.497 e. The zero-order valence-electron chi connectivity index (χ0n) is 15.2. The fraction of sp³-hybridized carbons (Fsp3) is 0.471. The van der Waals surface area contributed by atoms with Crippen molar-refractivity contribution in [2.45, 2.75) is 24.5 Å². The number of carbonyl (C=O) groups is 1. The van der Waals surface area contributed by atoms with Crippen molar-refractivity contribution in [1.82, 2.24) is 20.1 Å². The van der Waals surface area contributed by atoms with E-state index in [0.29, 0.717) is 23.9 Å². The first-order chi connectivity index (χ1) is 12.9. The van der Waals surface area contributed by atoms with Gasteiger partial charge in [0.15, 0.2) is 15.7 Å². The summed E-state index contributed by atoms with van der Waals surface area (Å²) in [7, 11) is -1.42.